The van der Waals surface area contributed by atoms with Crippen LogP contribution in [-0.4, -0.2) is 30.0 Å². The molecule has 0 aliphatic heterocycles. The highest BCUT2D eigenvalue weighted by Crippen LogP contribution is 2.58. The molecule has 31 heavy (non-hydrogen) atoms. The molecule has 3 atom stereocenters. The zero-order valence-electron chi connectivity index (χ0n) is 16.6. The monoisotopic (exact) mass is 452 g/mol. The normalized spacial score (nSPS) is 23.1. The zero-order chi connectivity index (χ0) is 21.8. The van der Waals surface area contributed by atoms with Crippen molar-refractivity contribution in [3.8, 4) is 10.6 Å². The molecule has 2 heterocycles. The van der Waals surface area contributed by atoms with Crippen LogP contribution in [0.2, 0.25) is 0 Å². The number of thiophene rings is 1. The molecule has 3 N–H and O–H groups in total. The van der Waals surface area contributed by atoms with E-state index < -0.39 is 27.4 Å². The summed E-state index contributed by atoms with van der Waals surface area (Å²) in [4.78, 5) is 16.2. The van der Waals surface area contributed by atoms with Crippen LogP contribution in [0.4, 0.5) is 0 Å². The fourth-order valence-electron chi connectivity index (χ4n) is 4.39. The molecule has 1 fully saturated rings. The summed E-state index contributed by atoms with van der Waals surface area (Å²) in [5.41, 5.74) is 1.05. The molecule has 5 rings (SSSR count). The molecule has 158 valence electrons. The third kappa shape index (κ3) is 3.18. The number of aliphatic carboxylic acids is 1. The lowest BCUT2D eigenvalue weighted by Gasteiger charge is -2.15. The number of benzene rings is 2. The Morgan fingerprint density at radius 1 is 1.06 bits per heavy atom. The van der Waals surface area contributed by atoms with Gasteiger partial charge < -0.3 is 10.1 Å². The maximum atomic E-state index is 13.2. The minimum Gasteiger partial charge on any atom is -0.480 e. The first kappa shape index (κ1) is 20.0. The van der Waals surface area contributed by atoms with E-state index in [-0.39, 0.29) is 10.1 Å². The van der Waals surface area contributed by atoms with Gasteiger partial charge in [0.1, 0.15) is 9.75 Å². The second-order valence-corrected chi connectivity index (χ2v) is 10.8. The minimum atomic E-state index is -4.02. The fraction of sp³-hybridized carbons (Fsp3) is 0.174. The lowest BCUT2D eigenvalue weighted by molar-refractivity contribution is -0.140. The summed E-state index contributed by atoms with van der Waals surface area (Å²) in [6, 6.07) is 22.2. The van der Waals surface area contributed by atoms with Crippen molar-refractivity contribution in [2.24, 2.45) is 5.92 Å². The number of sulfonamides is 1. The fourth-order valence-corrected chi connectivity index (χ4v) is 7.12. The van der Waals surface area contributed by atoms with Crippen LogP contribution >= 0.6 is 11.3 Å². The van der Waals surface area contributed by atoms with E-state index >= 15 is 0 Å². The van der Waals surface area contributed by atoms with Gasteiger partial charge in [-0.25, -0.2) is 8.42 Å². The molecule has 2 aromatic heterocycles. The molecule has 4 aromatic rings. The standard InChI is InChI=1S/C23H20N2O4S2/c1-14-21(15-7-3-2-4-8-15)23(14,22(26)27)25-31(28,29)20-12-11-19(30-20)18-13-16-9-5-6-10-17(16)24-18/h2-14,21,24-25H,1H3,(H,26,27)/t14-,21-,23+/m1/s1. The predicted molar refractivity (Wildman–Crippen MR) is 121 cm³/mol. The second-order valence-electron chi connectivity index (χ2n) is 7.85. The molecule has 2 aromatic carbocycles. The number of para-hydroxylation sites is 1. The Morgan fingerprint density at radius 2 is 1.77 bits per heavy atom. The Balaban J connectivity index is 1.46. The van der Waals surface area contributed by atoms with Crippen molar-refractivity contribution in [2.45, 2.75) is 22.6 Å². The average Bonchev–Trinajstić information content (AvgIpc) is 3.16. The quantitative estimate of drug-likeness (QED) is 0.403. The van der Waals surface area contributed by atoms with E-state index in [1.807, 2.05) is 60.7 Å². The van der Waals surface area contributed by atoms with Gasteiger partial charge in [-0.1, -0.05) is 55.5 Å². The first-order valence-electron chi connectivity index (χ1n) is 9.83. The maximum absolute atomic E-state index is 13.2. The van der Waals surface area contributed by atoms with Gasteiger partial charge in [0.25, 0.3) is 10.0 Å². The van der Waals surface area contributed by atoms with Crippen molar-refractivity contribution in [2.75, 3.05) is 0 Å². The van der Waals surface area contributed by atoms with Crippen LogP contribution in [0.5, 0.6) is 0 Å². The van der Waals surface area contributed by atoms with Gasteiger partial charge in [0, 0.05) is 16.8 Å². The molecule has 0 unspecified atom stereocenters. The van der Waals surface area contributed by atoms with Gasteiger partial charge in [-0.05, 0) is 35.7 Å². The van der Waals surface area contributed by atoms with Gasteiger partial charge in [0.15, 0.2) is 0 Å². The van der Waals surface area contributed by atoms with Gasteiger partial charge in [-0.2, -0.15) is 4.72 Å². The summed E-state index contributed by atoms with van der Waals surface area (Å²) in [5, 5.41) is 11.0. The van der Waals surface area contributed by atoms with E-state index in [2.05, 4.69) is 9.71 Å². The Bertz CT molecular complexity index is 1360. The van der Waals surface area contributed by atoms with E-state index in [4.69, 9.17) is 0 Å². The first-order valence-corrected chi connectivity index (χ1v) is 12.1. The van der Waals surface area contributed by atoms with E-state index in [0.29, 0.717) is 0 Å². The molecule has 1 aliphatic rings. The Hall–Kier alpha value is -2.94. The summed E-state index contributed by atoms with van der Waals surface area (Å²) >= 11 is 1.11. The highest BCUT2D eigenvalue weighted by atomic mass is 32.2. The summed E-state index contributed by atoms with van der Waals surface area (Å²) in [5.74, 6) is -1.95. The molecule has 8 heteroatoms. The Kier molecular flexibility index (Phi) is 4.55. The SMILES string of the molecule is C[C@@H]1[C@H](c2ccccc2)[C@]1(NS(=O)(=O)c1ccc(-c2cc3ccccc3[nH]2)s1)C(=O)O. The molecule has 1 aliphatic carbocycles. The third-order valence-corrected chi connectivity index (χ3v) is 9.15. The van der Waals surface area contributed by atoms with Crippen molar-refractivity contribution in [3.63, 3.8) is 0 Å². The number of aromatic nitrogens is 1. The summed E-state index contributed by atoms with van der Waals surface area (Å²) < 4.78 is 28.9. The van der Waals surface area contributed by atoms with Crippen molar-refractivity contribution >= 4 is 38.2 Å². The largest absolute Gasteiger partial charge is 0.480 e. The number of rotatable bonds is 6. The van der Waals surface area contributed by atoms with Gasteiger partial charge in [0.05, 0.1) is 10.6 Å². The molecular formula is C23H20N2O4S2. The van der Waals surface area contributed by atoms with Crippen LogP contribution in [0.3, 0.4) is 0 Å². The molecular weight excluding hydrogens is 432 g/mol. The van der Waals surface area contributed by atoms with Gasteiger partial charge >= 0.3 is 5.97 Å². The van der Waals surface area contributed by atoms with Gasteiger partial charge in [-0.3, -0.25) is 4.79 Å². The van der Waals surface area contributed by atoms with E-state index in [1.54, 1.807) is 13.0 Å². The summed E-state index contributed by atoms with van der Waals surface area (Å²) in [6.45, 7) is 1.76. The summed E-state index contributed by atoms with van der Waals surface area (Å²) in [6.07, 6.45) is 0. The van der Waals surface area contributed by atoms with Crippen LogP contribution in [0, 0.1) is 5.92 Å². The number of aromatic amines is 1. The van der Waals surface area contributed by atoms with Crippen molar-refractivity contribution in [3.05, 3.63) is 78.4 Å². The molecule has 0 saturated heterocycles. The molecule has 6 nitrogen and oxygen atoms in total. The third-order valence-electron chi connectivity index (χ3n) is 6.06. The topological polar surface area (TPSA) is 99.3 Å². The molecule has 0 amide bonds. The minimum absolute atomic E-state index is 0.0905. The number of nitrogens with one attached hydrogen (secondary N) is 2. The zero-order valence-corrected chi connectivity index (χ0v) is 18.2. The second kappa shape index (κ2) is 7.05. The smallest absolute Gasteiger partial charge is 0.325 e. The Morgan fingerprint density at radius 3 is 2.48 bits per heavy atom. The molecule has 0 bridgehead atoms. The number of carboxylic acids is 1. The number of fused-ring (bicyclic) bond motifs is 1. The number of hydrogen-bond acceptors (Lipinski definition) is 4. The van der Waals surface area contributed by atoms with Crippen LogP contribution < -0.4 is 4.72 Å². The molecule has 0 spiro atoms. The lowest BCUT2D eigenvalue weighted by Crippen LogP contribution is -2.45. The van der Waals surface area contributed by atoms with E-state index in [1.165, 1.54) is 6.07 Å². The van der Waals surface area contributed by atoms with Crippen LogP contribution in [0.25, 0.3) is 21.5 Å². The summed E-state index contributed by atoms with van der Waals surface area (Å²) in [7, 11) is -4.02. The Labute approximate surface area is 183 Å². The first-order chi connectivity index (χ1) is 14.8. The average molecular weight is 453 g/mol. The van der Waals surface area contributed by atoms with Crippen LogP contribution in [-0.2, 0) is 14.8 Å². The molecule has 1 saturated carbocycles. The van der Waals surface area contributed by atoms with Crippen molar-refractivity contribution < 1.29 is 18.3 Å². The number of carbonyl (C=O) groups is 1. The lowest BCUT2D eigenvalue weighted by atomic mass is 10.1. The number of hydrogen-bond donors (Lipinski definition) is 3. The van der Waals surface area contributed by atoms with Crippen molar-refractivity contribution in [1.82, 2.24) is 9.71 Å². The van der Waals surface area contributed by atoms with Crippen LogP contribution in [0.1, 0.15) is 18.4 Å². The predicted octanol–water partition coefficient (Wildman–Crippen LogP) is 4.43. The number of H-pyrrole nitrogens is 1. The van der Waals surface area contributed by atoms with Gasteiger partial charge in [-0.15, -0.1) is 11.3 Å². The van der Waals surface area contributed by atoms with E-state index in [9.17, 15) is 18.3 Å². The highest BCUT2D eigenvalue weighted by molar-refractivity contribution is 7.91. The van der Waals surface area contributed by atoms with Gasteiger partial charge in [0.2, 0.25) is 0 Å². The van der Waals surface area contributed by atoms with E-state index in [0.717, 1.165) is 38.4 Å². The van der Waals surface area contributed by atoms with Crippen LogP contribution in [0.15, 0.2) is 77.0 Å². The maximum Gasteiger partial charge on any atom is 0.325 e. The van der Waals surface area contributed by atoms with Crippen molar-refractivity contribution in [1.29, 1.82) is 0 Å². The number of carboxylic acid groups (broad SMARTS) is 1. The highest BCUT2D eigenvalue weighted by Gasteiger charge is 2.70. The molecule has 0 radical (unpaired) electrons.